The minimum atomic E-state index is -0.185. The summed E-state index contributed by atoms with van der Waals surface area (Å²) in [5.74, 6) is -0.267. The maximum Gasteiger partial charge on any atom is 0.251 e. The quantitative estimate of drug-likeness (QED) is 0.706. The van der Waals surface area contributed by atoms with Gasteiger partial charge in [-0.2, -0.15) is 5.10 Å². The largest absolute Gasteiger partial charge is 0.346 e. The average molecular weight is 362 g/mol. The lowest BCUT2D eigenvalue weighted by Gasteiger charge is -2.16. The molecule has 1 aromatic heterocycles. The number of nitrogens with zero attached hydrogens (tertiary/aromatic N) is 2. The molecule has 0 saturated heterocycles. The number of carbonyl (C=O) groups excluding carboxylic acids is 2. The summed E-state index contributed by atoms with van der Waals surface area (Å²) in [5.41, 5.74) is 3.31. The van der Waals surface area contributed by atoms with E-state index in [0.717, 1.165) is 11.1 Å². The number of rotatable bonds is 6. The van der Waals surface area contributed by atoms with Crippen molar-refractivity contribution in [1.29, 1.82) is 0 Å². The van der Waals surface area contributed by atoms with Crippen molar-refractivity contribution in [3.8, 4) is 0 Å². The minimum absolute atomic E-state index is 0.126. The zero-order valence-electron chi connectivity index (χ0n) is 15.3. The lowest BCUT2D eigenvalue weighted by Crippen LogP contribution is -2.26. The molecular weight excluding hydrogens is 340 g/mol. The molecule has 3 aromatic rings. The van der Waals surface area contributed by atoms with E-state index in [0.29, 0.717) is 17.8 Å². The van der Waals surface area contributed by atoms with Gasteiger partial charge in [-0.05, 0) is 48.4 Å². The van der Waals surface area contributed by atoms with E-state index < -0.39 is 0 Å². The molecule has 6 heteroatoms. The van der Waals surface area contributed by atoms with Crippen LogP contribution in [0.1, 0.15) is 41.4 Å². The Morgan fingerprint density at radius 1 is 1.11 bits per heavy atom. The SMILES string of the molecule is CC(=O)Nc1cccc(C(C)NC(=O)c2ccc(Cn3cccn3)cc2)c1. The predicted octanol–water partition coefficient (Wildman–Crippen LogP) is 3.38. The summed E-state index contributed by atoms with van der Waals surface area (Å²) in [7, 11) is 0. The van der Waals surface area contributed by atoms with Gasteiger partial charge in [-0.25, -0.2) is 0 Å². The number of hydrogen-bond acceptors (Lipinski definition) is 3. The molecule has 138 valence electrons. The molecule has 6 nitrogen and oxygen atoms in total. The average Bonchev–Trinajstić information content (AvgIpc) is 3.15. The number of carbonyl (C=O) groups is 2. The Labute approximate surface area is 158 Å². The third kappa shape index (κ3) is 5.04. The molecule has 0 bridgehead atoms. The van der Waals surface area contributed by atoms with E-state index in [4.69, 9.17) is 0 Å². The third-order valence-corrected chi connectivity index (χ3v) is 4.17. The zero-order chi connectivity index (χ0) is 19.2. The van der Waals surface area contributed by atoms with E-state index in [9.17, 15) is 9.59 Å². The Balaban J connectivity index is 1.63. The number of amides is 2. The molecule has 2 aromatic carbocycles. The molecule has 0 spiro atoms. The zero-order valence-corrected chi connectivity index (χ0v) is 15.3. The fraction of sp³-hybridized carbons (Fsp3) is 0.190. The Bertz CT molecular complexity index is 918. The smallest absolute Gasteiger partial charge is 0.251 e. The van der Waals surface area contributed by atoms with Gasteiger partial charge in [0.15, 0.2) is 0 Å². The van der Waals surface area contributed by atoms with E-state index in [-0.39, 0.29) is 17.9 Å². The molecule has 27 heavy (non-hydrogen) atoms. The predicted molar refractivity (Wildman–Crippen MR) is 104 cm³/mol. The summed E-state index contributed by atoms with van der Waals surface area (Å²) >= 11 is 0. The Morgan fingerprint density at radius 3 is 2.56 bits per heavy atom. The fourth-order valence-electron chi connectivity index (χ4n) is 2.79. The van der Waals surface area contributed by atoms with Gasteiger partial charge in [-0.1, -0.05) is 24.3 Å². The molecule has 1 unspecified atom stereocenters. The maximum absolute atomic E-state index is 12.5. The van der Waals surface area contributed by atoms with Crippen LogP contribution in [-0.2, 0) is 11.3 Å². The first kappa shape index (κ1) is 18.4. The van der Waals surface area contributed by atoms with Gasteiger partial charge in [0.25, 0.3) is 5.91 Å². The van der Waals surface area contributed by atoms with Gasteiger partial charge in [0.1, 0.15) is 0 Å². The summed E-state index contributed by atoms with van der Waals surface area (Å²) in [5, 5.41) is 9.92. The topological polar surface area (TPSA) is 76.0 Å². The normalized spacial score (nSPS) is 11.6. The van der Waals surface area contributed by atoms with Crippen molar-refractivity contribution in [2.24, 2.45) is 0 Å². The van der Waals surface area contributed by atoms with Gasteiger partial charge in [0.05, 0.1) is 12.6 Å². The van der Waals surface area contributed by atoms with Crippen LogP contribution in [0.4, 0.5) is 5.69 Å². The van der Waals surface area contributed by atoms with Crippen LogP contribution in [0.25, 0.3) is 0 Å². The molecule has 1 heterocycles. The Morgan fingerprint density at radius 2 is 1.89 bits per heavy atom. The number of benzene rings is 2. The summed E-state index contributed by atoms with van der Waals surface area (Å²) in [6.07, 6.45) is 3.64. The highest BCUT2D eigenvalue weighted by Crippen LogP contribution is 2.18. The molecule has 0 aliphatic rings. The van der Waals surface area contributed by atoms with Gasteiger partial charge in [-0.15, -0.1) is 0 Å². The van der Waals surface area contributed by atoms with Crippen LogP contribution in [0.3, 0.4) is 0 Å². The second kappa shape index (κ2) is 8.31. The van der Waals surface area contributed by atoms with Crippen LogP contribution in [0.2, 0.25) is 0 Å². The fourth-order valence-corrected chi connectivity index (χ4v) is 2.79. The molecule has 0 aliphatic carbocycles. The molecule has 2 N–H and O–H groups in total. The molecule has 0 radical (unpaired) electrons. The molecule has 0 fully saturated rings. The Hall–Kier alpha value is -3.41. The van der Waals surface area contributed by atoms with Crippen molar-refractivity contribution < 1.29 is 9.59 Å². The highest BCUT2D eigenvalue weighted by atomic mass is 16.2. The van der Waals surface area contributed by atoms with Crippen molar-refractivity contribution in [3.63, 3.8) is 0 Å². The van der Waals surface area contributed by atoms with Gasteiger partial charge >= 0.3 is 0 Å². The third-order valence-electron chi connectivity index (χ3n) is 4.17. The number of anilines is 1. The standard InChI is InChI=1S/C21H22N4O2/c1-15(19-5-3-6-20(13-19)24-16(2)26)23-21(27)18-9-7-17(8-10-18)14-25-12-4-11-22-25/h3-13,15H,14H2,1-2H3,(H,23,27)(H,24,26). The van der Waals surface area contributed by atoms with Crippen LogP contribution >= 0.6 is 0 Å². The number of hydrogen-bond donors (Lipinski definition) is 2. The number of nitrogens with one attached hydrogen (secondary N) is 2. The Kier molecular flexibility index (Phi) is 5.66. The van der Waals surface area contributed by atoms with E-state index in [1.54, 1.807) is 6.20 Å². The number of aromatic nitrogens is 2. The monoisotopic (exact) mass is 362 g/mol. The van der Waals surface area contributed by atoms with Crippen LogP contribution in [-0.4, -0.2) is 21.6 Å². The highest BCUT2D eigenvalue weighted by Gasteiger charge is 2.12. The lowest BCUT2D eigenvalue weighted by atomic mass is 10.1. The van der Waals surface area contributed by atoms with Gasteiger partial charge in [0, 0.05) is 30.6 Å². The lowest BCUT2D eigenvalue weighted by molar-refractivity contribution is -0.114. The molecule has 0 aliphatic heterocycles. The second-order valence-corrected chi connectivity index (χ2v) is 6.40. The van der Waals surface area contributed by atoms with E-state index in [1.165, 1.54) is 6.92 Å². The van der Waals surface area contributed by atoms with Gasteiger partial charge < -0.3 is 10.6 Å². The van der Waals surface area contributed by atoms with Crippen LogP contribution in [0.5, 0.6) is 0 Å². The van der Waals surface area contributed by atoms with Crippen molar-refractivity contribution in [2.75, 3.05) is 5.32 Å². The molecule has 2 amide bonds. The first-order valence-corrected chi connectivity index (χ1v) is 8.76. The summed E-state index contributed by atoms with van der Waals surface area (Å²) in [4.78, 5) is 23.7. The van der Waals surface area contributed by atoms with E-state index in [1.807, 2.05) is 72.4 Å². The maximum atomic E-state index is 12.5. The summed E-state index contributed by atoms with van der Waals surface area (Å²) in [6, 6.07) is 16.6. The van der Waals surface area contributed by atoms with Crippen molar-refractivity contribution in [2.45, 2.75) is 26.4 Å². The van der Waals surface area contributed by atoms with Crippen LogP contribution in [0, 0.1) is 0 Å². The molecule has 0 saturated carbocycles. The second-order valence-electron chi connectivity index (χ2n) is 6.40. The van der Waals surface area contributed by atoms with Crippen LogP contribution in [0.15, 0.2) is 67.0 Å². The molecule has 3 rings (SSSR count). The van der Waals surface area contributed by atoms with E-state index in [2.05, 4.69) is 15.7 Å². The minimum Gasteiger partial charge on any atom is -0.346 e. The highest BCUT2D eigenvalue weighted by molar-refractivity contribution is 5.94. The summed E-state index contributed by atoms with van der Waals surface area (Å²) < 4.78 is 1.83. The summed E-state index contributed by atoms with van der Waals surface area (Å²) in [6.45, 7) is 4.05. The van der Waals surface area contributed by atoms with Gasteiger partial charge in [0.2, 0.25) is 5.91 Å². The van der Waals surface area contributed by atoms with Crippen molar-refractivity contribution in [3.05, 3.63) is 83.7 Å². The van der Waals surface area contributed by atoms with Crippen LogP contribution < -0.4 is 10.6 Å². The van der Waals surface area contributed by atoms with E-state index >= 15 is 0 Å². The molecule has 1 atom stereocenters. The molecular formula is C21H22N4O2. The first-order chi connectivity index (χ1) is 13.0. The van der Waals surface area contributed by atoms with Crippen molar-refractivity contribution in [1.82, 2.24) is 15.1 Å². The van der Waals surface area contributed by atoms with Gasteiger partial charge in [-0.3, -0.25) is 14.3 Å². The first-order valence-electron chi connectivity index (χ1n) is 8.76. The van der Waals surface area contributed by atoms with Crippen molar-refractivity contribution >= 4 is 17.5 Å².